The third kappa shape index (κ3) is 2.61. The highest BCUT2D eigenvalue weighted by atomic mass is 32.2. The van der Waals surface area contributed by atoms with Gasteiger partial charge in [-0.1, -0.05) is 24.2 Å². The van der Waals surface area contributed by atoms with Gasteiger partial charge in [0.2, 0.25) is 0 Å². The molecular formula is C12H14N2O2S. The molecule has 0 radical (unpaired) electrons. The van der Waals surface area contributed by atoms with Crippen molar-refractivity contribution in [3.63, 3.8) is 0 Å². The van der Waals surface area contributed by atoms with E-state index in [0.717, 1.165) is 17.1 Å². The van der Waals surface area contributed by atoms with Crippen molar-refractivity contribution < 1.29 is 9.63 Å². The van der Waals surface area contributed by atoms with Crippen molar-refractivity contribution in [2.45, 2.75) is 19.6 Å². The second-order valence-corrected chi connectivity index (χ2v) is 4.90. The van der Waals surface area contributed by atoms with Crippen LogP contribution in [0.25, 0.3) is 11.5 Å². The fourth-order valence-electron chi connectivity index (χ4n) is 1.45. The number of aromatic nitrogens is 2. The Morgan fingerprint density at radius 3 is 3.00 bits per heavy atom. The van der Waals surface area contributed by atoms with Crippen LogP contribution in [0, 0.1) is 6.92 Å². The highest BCUT2D eigenvalue weighted by Gasteiger charge is 2.13. The van der Waals surface area contributed by atoms with Crippen LogP contribution in [0.5, 0.6) is 5.75 Å². The minimum absolute atomic E-state index is 0.200. The van der Waals surface area contributed by atoms with Crippen molar-refractivity contribution in [2.24, 2.45) is 0 Å². The molecule has 0 aliphatic rings. The Kier molecular flexibility index (Phi) is 3.68. The average molecular weight is 250 g/mol. The lowest BCUT2D eigenvalue weighted by molar-refractivity contribution is 0.419. The third-order valence-corrected chi connectivity index (χ3v) is 3.24. The van der Waals surface area contributed by atoms with Gasteiger partial charge in [-0.15, -0.1) is 0 Å². The van der Waals surface area contributed by atoms with Crippen molar-refractivity contribution in [3.05, 3.63) is 29.6 Å². The van der Waals surface area contributed by atoms with Gasteiger partial charge >= 0.3 is 0 Å². The summed E-state index contributed by atoms with van der Waals surface area (Å²) in [4.78, 5) is 4.26. The summed E-state index contributed by atoms with van der Waals surface area (Å²) in [5.74, 6) is 2.98. The van der Waals surface area contributed by atoms with E-state index in [0.29, 0.717) is 17.3 Å². The van der Waals surface area contributed by atoms with E-state index in [2.05, 4.69) is 17.1 Å². The number of hydrogen-bond donors (Lipinski definition) is 1. The maximum Gasteiger partial charge on any atom is 0.261 e. The Balaban J connectivity index is 2.27. The summed E-state index contributed by atoms with van der Waals surface area (Å²) < 4.78 is 5.15. The first kappa shape index (κ1) is 12.0. The first-order chi connectivity index (χ1) is 8.22. The Morgan fingerprint density at radius 2 is 2.24 bits per heavy atom. The maximum atomic E-state index is 9.90. The Morgan fingerprint density at radius 1 is 1.41 bits per heavy atom. The Bertz CT molecular complexity index is 511. The molecule has 0 atom stereocenters. The second-order valence-electron chi connectivity index (χ2n) is 3.62. The molecule has 17 heavy (non-hydrogen) atoms. The number of phenolic OH excluding ortho intramolecular Hbond substituents is 1. The predicted octanol–water partition coefficient (Wildman–Crippen LogP) is 3.00. The van der Waals surface area contributed by atoms with Crippen LogP contribution in [0.4, 0.5) is 0 Å². The van der Waals surface area contributed by atoms with E-state index in [-0.39, 0.29) is 5.75 Å². The second kappa shape index (κ2) is 5.23. The van der Waals surface area contributed by atoms with E-state index in [1.165, 1.54) is 0 Å². The molecule has 0 fully saturated rings. The molecule has 1 heterocycles. The van der Waals surface area contributed by atoms with Crippen LogP contribution in [-0.2, 0) is 5.75 Å². The first-order valence-electron chi connectivity index (χ1n) is 5.41. The van der Waals surface area contributed by atoms with Gasteiger partial charge in [-0.05, 0) is 24.3 Å². The molecule has 90 valence electrons. The number of para-hydroxylation sites is 1. The van der Waals surface area contributed by atoms with Gasteiger partial charge in [-0.25, -0.2) is 0 Å². The summed E-state index contributed by atoms with van der Waals surface area (Å²) in [5, 5.41) is 13.8. The van der Waals surface area contributed by atoms with Crippen LogP contribution in [-0.4, -0.2) is 21.0 Å². The molecule has 0 aliphatic heterocycles. The van der Waals surface area contributed by atoms with Gasteiger partial charge in [0.1, 0.15) is 5.75 Å². The highest BCUT2D eigenvalue weighted by molar-refractivity contribution is 7.98. The van der Waals surface area contributed by atoms with E-state index in [4.69, 9.17) is 4.52 Å². The molecular weight excluding hydrogens is 236 g/mol. The van der Waals surface area contributed by atoms with E-state index in [1.807, 2.05) is 19.1 Å². The number of nitrogens with zero attached hydrogens (tertiary/aromatic N) is 2. The van der Waals surface area contributed by atoms with Gasteiger partial charge in [0, 0.05) is 0 Å². The molecule has 0 bridgehead atoms. The number of benzene rings is 1. The smallest absolute Gasteiger partial charge is 0.261 e. The predicted molar refractivity (Wildman–Crippen MR) is 68.0 cm³/mol. The molecule has 4 nitrogen and oxygen atoms in total. The van der Waals surface area contributed by atoms with Crippen LogP contribution in [0.3, 0.4) is 0 Å². The molecule has 0 amide bonds. The van der Waals surface area contributed by atoms with Crippen LogP contribution < -0.4 is 0 Å². The van der Waals surface area contributed by atoms with Crippen molar-refractivity contribution >= 4 is 11.8 Å². The monoisotopic (exact) mass is 250 g/mol. The number of aromatic hydroxyl groups is 1. The SMILES string of the molecule is CCSCc1noc(-c2cccc(C)c2O)n1. The van der Waals surface area contributed by atoms with Gasteiger partial charge < -0.3 is 9.63 Å². The summed E-state index contributed by atoms with van der Waals surface area (Å²) in [5.41, 5.74) is 1.38. The standard InChI is InChI=1S/C12H14N2O2S/c1-3-17-7-10-13-12(16-14-10)9-6-4-5-8(2)11(9)15/h4-6,15H,3,7H2,1-2H3. The zero-order valence-electron chi connectivity index (χ0n) is 9.80. The van der Waals surface area contributed by atoms with Gasteiger partial charge in [0.15, 0.2) is 5.82 Å². The van der Waals surface area contributed by atoms with E-state index in [1.54, 1.807) is 17.8 Å². The lowest BCUT2D eigenvalue weighted by Gasteiger charge is -2.01. The molecule has 1 N–H and O–H groups in total. The molecule has 5 heteroatoms. The number of hydrogen-bond acceptors (Lipinski definition) is 5. The number of phenols is 1. The number of aryl methyl sites for hydroxylation is 1. The van der Waals surface area contributed by atoms with Crippen molar-refractivity contribution in [1.29, 1.82) is 0 Å². The van der Waals surface area contributed by atoms with Crippen LogP contribution >= 0.6 is 11.8 Å². The summed E-state index contributed by atoms with van der Waals surface area (Å²) >= 11 is 1.73. The van der Waals surface area contributed by atoms with Crippen molar-refractivity contribution in [1.82, 2.24) is 10.1 Å². The van der Waals surface area contributed by atoms with Crippen molar-refractivity contribution in [2.75, 3.05) is 5.75 Å². The molecule has 0 aliphatic carbocycles. The minimum atomic E-state index is 0.200. The summed E-state index contributed by atoms with van der Waals surface area (Å²) in [6.07, 6.45) is 0. The number of thioether (sulfide) groups is 1. The number of rotatable bonds is 4. The normalized spacial score (nSPS) is 10.7. The maximum absolute atomic E-state index is 9.90. The summed E-state index contributed by atoms with van der Waals surface area (Å²) in [6, 6.07) is 5.46. The average Bonchev–Trinajstić information content (AvgIpc) is 2.78. The zero-order valence-corrected chi connectivity index (χ0v) is 10.6. The molecule has 2 aromatic rings. The quantitative estimate of drug-likeness (QED) is 0.903. The fraction of sp³-hybridized carbons (Fsp3) is 0.333. The van der Waals surface area contributed by atoms with Gasteiger partial charge in [0.25, 0.3) is 5.89 Å². The Labute approximate surface area is 104 Å². The zero-order chi connectivity index (χ0) is 12.3. The lowest BCUT2D eigenvalue weighted by Crippen LogP contribution is -1.85. The lowest BCUT2D eigenvalue weighted by atomic mass is 10.1. The molecule has 0 saturated heterocycles. The van der Waals surface area contributed by atoms with Crippen molar-refractivity contribution in [3.8, 4) is 17.2 Å². The van der Waals surface area contributed by atoms with E-state index in [9.17, 15) is 5.11 Å². The summed E-state index contributed by atoms with van der Waals surface area (Å²) in [7, 11) is 0. The van der Waals surface area contributed by atoms with Crippen LogP contribution in [0.1, 0.15) is 18.3 Å². The third-order valence-electron chi connectivity index (χ3n) is 2.37. The topological polar surface area (TPSA) is 59.2 Å². The van der Waals surface area contributed by atoms with Crippen LogP contribution in [0.2, 0.25) is 0 Å². The molecule has 0 unspecified atom stereocenters. The van der Waals surface area contributed by atoms with Gasteiger partial charge in [-0.3, -0.25) is 0 Å². The molecule has 0 spiro atoms. The van der Waals surface area contributed by atoms with Crippen LogP contribution in [0.15, 0.2) is 22.7 Å². The van der Waals surface area contributed by atoms with Gasteiger partial charge in [0.05, 0.1) is 11.3 Å². The molecule has 1 aromatic heterocycles. The fourth-order valence-corrected chi connectivity index (χ4v) is 1.95. The largest absolute Gasteiger partial charge is 0.507 e. The van der Waals surface area contributed by atoms with E-state index >= 15 is 0 Å². The molecule has 2 rings (SSSR count). The van der Waals surface area contributed by atoms with E-state index < -0.39 is 0 Å². The summed E-state index contributed by atoms with van der Waals surface area (Å²) in [6.45, 7) is 3.92. The Hall–Kier alpha value is -1.49. The van der Waals surface area contributed by atoms with Gasteiger partial charge in [-0.2, -0.15) is 16.7 Å². The molecule has 1 aromatic carbocycles. The molecule has 0 saturated carbocycles. The first-order valence-corrected chi connectivity index (χ1v) is 6.57. The highest BCUT2D eigenvalue weighted by Crippen LogP contribution is 2.30. The minimum Gasteiger partial charge on any atom is -0.507 e.